The van der Waals surface area contributed by atoms with E-state index in [2.05, 4.69) is 9.71 Å². The normalized spacial score (nSPS) is 14.5. The summed E-state index contributed by atoms with van der Waals surface area (Å²) in [6.45, 7) is 6.21. The summed E-state index contributed by atoms with van der Waals surface area (Å²) in [4.78, 5) is 19.0. The number of thiazole rings is 1. The Kier molecular flexibility index (Phi) is 5.82. The molecule has 1 amide bonds. The molecule has 0 unspecified atom stereocenters. The first-order chi connectivity index (χ1) is 12.9. The number of amides is 1. The molecule has 7 nitrogen and oxygen atoms in total. The number of hydrogen-bond donors (Lipinski definition) is 1. The highest BCUT2D eigenvalue weighted by Crippen LogP contribution is 2.31. The van der Waals surface area contributed by atoms with Crippen molar-refractivity contribution < 1.29 is 17.9 Å². The summed E-state index contributed by atoms with van der Waals surface area (Å²) in [5.41, 5.74) is 0.191. The Hall–Kier alpha value is -1.55. The number of anilines is 1. The number of halogens is 2. The van der Waals surface area contributed by atoms with Crippen LogP contribution in [0.1, 0.15) is 31.3 Å². The van der Waals surface area contributed by atoms with Crippen LogP contribution in [0.3, 0.4) is 0 Å². The van der Waals surface area contributed by atoms with Crippen LogP contribution in [-0.2, 0) is 27.7 Å². The van der Waals surface area contributed by atoms with Crippen LogP contribution < -0.4 is 4.72 Å². The van der Waals surface area contributed by atoms with Crippen molar-refractivity contribution in [3.05, 3.63) is 38.8 Å². The van der Waals surface area contributed by atoms with E-state index in [4.69, 9.17) is 27.9 Å². The van der Waals surface area contributed by atoms with Crippen molar-refractivity contribution in [2.75, 3.05) is 11.3 Å². The van der Waals surface area contributed by atoms with Crippen molar-refractivity contribution in [3.63, 3.8) is 0 Å². The quantitative estimate of drug-likeness (QED) is 0.721. The average molecular weight is 464 g/mol. The molecule has 1 aliphatic heterocycles. The predicted molar refractivity (Wildman–Crippen MR) is 110 cm³/mol. The lowest BCUT2D eigenvalue weighted by Crippen LogP contribution is -2.39. The van der Waals surface area contributed by atoms with Gasteiger partial charge in [-0.25, -0.2) is 18.2 Å². The maximum absolute atomic E-state index is 12.6. The van der Waals surface area contributed by atoms with Crippen molar-refractivity contribution in [2.24, 2.45) is 0 Å². The SMILES string of the molecule is CC(C)(C)OC(=O)N1CCc2nc(NS(=O)(=O)c3cc(Cl)cc(Cl)c3)sc2C1. The van der Waals surface area contributed by atoms with Crippen LogP contribution in [0, 0.1) is 0 Å². The monoisotopic (exact) mass is 463 g/mol. The van der Waals surface area contributed by atoms with Crippen LogP contribution in [0.5, 0.6) is 0 Å². The highest BCUT2D eigenvalue weighted by molar-refractivity contribution is 7.93. The molecule has 2 heterocycles. The molecule has 0 fully saturated rings. The largest absolute Gasteiger partial charge is 0.444 e. The van der Waals surface area contributed by atoms with E-state index in [9.17, 15) is 13.2 Å². The number of ether oxygens (including phenoxy) is 1. The Morgan fingerprint density at radius 2 is 1.89 bits per heavy atom. The zero-order valence-corrected chi connectivity index (χ0v) is 18.6. The molecule has 0 radical (unpaired) electrons. The molecule has 1 N–H and O–H groups in total. The molecule has 2 aromatic rings. The summed E-state index contributed by atoms with van der Waals surface area (Å²) in [5.74, 6) is 0. The first-order valence-corrected chi connectivity index (χ1v) is 11.4. The minimum Gasteiger partial charge on any atom is -0.444 e. The number of sulfonamides is 1. The Morgan fingerprint density at radius 1 is 1.25 bits per heavy atom. The zero-order chi connectivity index (χ0) is 20.7. The smallest absolute Gasteiger partial charge is 0.410 e. The van der Waals surface area contributed by atoms with Crippen molar-refractivity contribution >= 4 is 55.8 Å². The van der Waals surface area contributed by atoms with Gasteiger partial charge in [0.15, 0.2) is 5.13 Å². The molecule has 0 saturated heterocycles. The molecule has 0 saturated carbocycles. The van der Waals surface area contributed by atoms with Crippen molar-refractivity contribution in [1.29, 1.82) is 0 Å². The second-order valence-corrected chi connectivity index (χ2v) is 10.9. The number of carbonyl (C=O) groups is 1. The van der Waals surface area contributed by atoms with Gasteiger partial charge in [0.05, 0.1) is 17.1 Å². The number of hydrogen-bond acceptors (Lipinski definition) is 6. The fourth-order valence-corrected chi connectivity index (χ4v) is 5.56. The molecule has 152 valence electrons. The fraction of sp³-hybridized carbons (Fsp3) is 0.412. The molecule has 1 aromatic heterocycles. The highest BCUT2D eigenvalue weighted by Gasteiger charge is 2.28. The molecule has 0 spiro atoms. The van der Waals surface area contributed by atoms with Gasteiger partial charge in [0.1, 0.15) is 5.60 Å². The Morgan fingerprint density at radius 3 is 2.50 bits per heavy atom. The number of benzene rings is 1. The Labute approximate surface area is 177 Å². The van der Waals surface area contributed by atoms with Crippen LogP contribution in [0.2, 0.25) is 10.0 Å². The summed E-state index contributed by atoms with van der Waals surface area (Å²) >= 11 is 13.0. The zero-order valence-electron chi connectivity index (χ0n) is 15.5. The molecule has 0 aliphatic carbocycles. The first kappa shape index (κ1) is 21.2. The Bertz CT molecular complexity index is 996. The second-order valence-electron chi connectivity index (χ2n) is 7.25. The first-order valence-electron chi connectivity index (χ1n) is 8.38. The molecule has 0 atom stereocenters. The van der Waals surface area contributed by atoms with E-state index < -0.39 is 21.7 Å². The van der Waals surface area contributed by atoms with E-state index in [1.807, 2.05) is 20.8 Å². The van der Waals surface area contributed by atoms with E-state index in [-0.39, 0.29) is 20.1 Å². The second kappa shape index (κ2) is 7.70. The summed E-state index contributed by atoms with van der Waals surface area (Å²) in [6.07, 6.45) is 0.123. The lowest BCUT2D eigenvalue weighted by Gasteiger charge is -2.29. The lowest BCUT2D eigenvalue weighted by atomic mass is 10.2. The van der Waals surface area contributed by atoms with Gasteiger partial charge in [0.2, 0.25) is 0 Å². The molecular weight excluding hydrogens is 445 g/mol. The summed E-state index contributed by atoms with van der Waals surface area (Å²) in [5, 5.41) is 0.672. The van der Waals surface area contributed by atoms with Crippen molar-refractivity contribution in [2.45, 2.75) is 44.2 Å². The number of nitrogens with one attached hydrogen (secondary N) is 1. The molecule has 1 aliphatic rings. The van der Waals surface area contributed by atoms with Gasteiger partial charge in [-0.05, 0) is 39.0 Å². The minimum absolute atomic E-state index is 0.0476. The molecule has 28 heavy (non-hydrogen) atoms. The number of nitrogens with zero attached hydrogens (tertiary/aromatic N) is 2. The number of carbonyl (C=O) groups excluding carboxylic acids is 1. The van der Waals surface area contributed by atoms with Gasteiger partial charge in [0, 0.05) is 27.9 Å². The predicted octanol–water partition coefficient (Wildman–Crippen LogP) is 4.54. The van der Waals surface area contributed by atoms with Crippen LogP contribution in [0.25, 0.3) is 0 Å². The number of rotatable bonds is 3. The minimum atomic E-state index is -3.89. The molecule has 3 rings (SSSR count). The standard InChI is InChI=1S/C17H19Cl2N3O4S2/c1-17(2,3)26-16(23)22-5-4-13-14(9-22)27-15(20-13)21-28(24,25)12-7-10(18)6-11(19)8-12/h6-8H,4-5,9H2,1-3H3,(H,20,21). The van der Waals surface area contributed by atoms with E-state index in [1.165, 1.54) is 29.5 Å². The third kappa shape index (κ3) is 5.08. The third-order valence-corrected chi connectivity index (χ3v) is 6.63. The van der Waals surface area contributed by atoms with Crippen LogP contribution in [0.4, 0.5) is 9.93 Å². The summed E-state index contributed by atoms with van der Waals surface area (Å²) < 4.78 is 33.1. The van der Waals surface area contributed by atoms with Gasteiger partial charge >= 0.3 is 6.09 Å². The molecule has 1 aromatic carbocycles. The van der Waals surface area contributed by atoms with Gasteiger partial charge in [-0.2, -0.15) is 0 Å². The van der Waals surface area contributed by atoms with Gasteiger partial charge in [-0.15, -0.1) is 0 Å². The lowest BCUT2D eigenvalue weighted by molar-refractivity contribution is 0.0225. The van der Waals surface area contributed by atoms with Crippen LogP contribution in [-0.4, -0.2) is 36.5 Å². The number of fused-ring (bicyclic) bond motifs is 1. The van der Waals surface area contributed by atoms with Crippen LogP contribution >= 0.6 is 34.5 Å². The van der Waals surface area contributed by atoms with E-state index in [0.717, 1.165) is 10.6 Å². The maximum atomic E-state index is 12.6. The van der Waals surface area contributed by atoms with E-state index in [0.29, 0.717) is 19.5 Å². The van der Waals surface area contributed by atoms with Gasteiger partial charge in [-0.1, -0.05) is 34.5 Å². The van der Waals surface area contributed by atoms with Crippen molar-refractivity contribution in [3.8, 4) is 0 Å². The number of aromatic nitrogens is 1. The van der Waals surface area contributed by atoms with E-state index >= 15 is 0 Å². The van der Waals surface area contributed by atoms with Crippen LogP contribution in [0.15, 0.2) is 23.1 Å². The summed E-state index contributed by atoms with van der Waals surface area (Å²) in [7, 11) is -3.89. The maximum Gasteiger partial charge on any atom is 0.410 e. The fourth-order valence-electron chi connectivity index (χ4n) is 2.58. The average Bonchev–Trinajstić information content (AvgIpc) is 2.92. The van der Waals surface area contributed by atoms with Crippen molar-refractivity contribution in [1.82, 2.24) is 9.88 Å². The molecule has 0 bridgehead atoms. The molecular formula is C17H19Cl2N3O4S2. The summed E-state index contributed by atoms with van der Waals surface area (Å²) in [6, 6.07) is 4.08. The van der Waals surface area contributed by atoms with Gasteiger partial charge < -0.3 is 9.64 Å². The van der Waals surface area contributed by atoms with Gasteiger partial charge in [-0.3, -0.25) is 4.72 Å². The van der Waals surface area contributed by atoms with Gasteiger partial charge in [0.25, 0.3) is 10.0 Å². The van der Waals surface area contributed by atoms with E-state index in [1.54, 1.807) is 4.90 Å². The third-order valence-electron chi connectivity index (χ3n) is 3.75. The topological polar surface area (TPSA) is 88.6 Å². The molecule has 11 heteroatoms. The Balaban J connectivity index is 1.76. The highest BCUT2D eigenvalue weighted by atomic mass is 35.5.